The minimum Gasteiger partial charge on any atom is -0.385 e. The molecule has 3 aromatic carbocycles. The molecule has 3 nitrogen and oxygen atoms in total. The molecule has 1 fully saturated rings. The van der Waals surface area contributed by atoms with E-state index >= 15 is 0 Å². The lowest BCUT2D eigenvalue weighted by molar-refractivity contribution is 0.0746. The highest BCUT2D eigenvalue weighted by Crippen LogP contribution is 2.34. The molecule has 0 unspecified atom stereocenters. The third-order valence-corrected chi connectivity index (χ3v) is 7.67. The van der Waals surface area contributed by atoms with E-state index in [9.17, 15) is 4.79 Å². The molecule has 0 aromatic heterocycles. The van der Waals surface area contributed by atoms with E-state index < -0.39 is 0 Å². The fourth-order valence-electron chi connectivity index (χ4n) is 4.79. The smallest absolute Gasteiger partial charge is 0.256 e. The lowest BCUT2D eigenvalue weighted by Gasteiger charge is -2.25. The summed E-state index contributed by atoms with van der Waals surface area (Å²) in [4.78, 5) is 15.7. The fourth-order valence-corrected chi connectivity index (χ4v) is 5.29. The van der Waals surface area contributed by atoms with E-state index in [2.05, 4.69) is 29.6 Å². The molecule has 1 aliphatic carbocycles. The highest BCUT2D eigenvalue weighted by molar-refractivity contribution is 6.42. The van der Waals surface area contributed by atoms with Gasteiger partial charge in [-0.15, -0.1) is 0 Å². The van der Waals surface area contributed by atoms with Crippen LogP contribution in [0.1, 0.15) is 65.6 Å². The maximum absolute atomic E-state index is 13.8. The molecule has 0 heterocycles. The Morgan fingerprint density at radius 1 is 0.914 bits per heavy atom. The van der Waals surface area contributed by atoms with Crippen molar-refractivity contribution in [2.45, 2.75) is 51.5 Å². The van der Waals surface area contributed by atoms with Crippen molar-refractivity contribution in [3.63, 3.8) is 0 Å². The molecule has 0 spiro atoms. The van der Waals surface area contributed by atoms with Crippen molar-refractivity contribution in [3.8, 4) is 0 Å². The van der Waals surface area contributed by atoms with Crippen LogP contribution in [0.4, 0.5) is 5.69 Å². The van der Waals surface area contributed by atoms with Gasteiger partial charge in [0.25, 0.3) is 5.91 Å². The minimum atomic E-state index is -0.0524. The number of carbonyl (C=O) groups excluding carboxylic acids is 1. The molecule has 0 atom stereocenters. The fraction of sp³-hybridized carbons (Fsp3) is 0.345. The molecule has 35 heavy (non-hydrogen) atoms. The van der Waals surface area contributed by atoms with Crippen LogP contribution in [-0.4, -0.2) is 23.9 Å². The number of halogens is 3. The van der Waals surface area contributed by atoms with E-state index in [1.165, 1.54) is 31.2 Å². The van der Waals surface area contributed by atoms with Crippen LogP contribution < -0.4 is 5.32 Å². The molecule has 6 heteroatoms. The van der Waals surface area contributed by atoms with Gasteiger partial charge in [-0.3, -0.25) is 4.79 Å². The highest BCUT2D eigenvalue weighted by atomic mass is 35.5. The Morgan fingerprint density at radius 2 is 1.63 bits per heavy atom. The molecule has 0 aliphatic heterocycles. The second-order valence-corrected chi connectivity index (χ2v) is 10.4. The first kappa shape index (κ1) is 25.9. The maximum atomic E-state index is 13.8. The number of carbonyl (C=O) groups is 1. The van der Waals surface area contributed by atoms with Gasteiger partial charge in [0.05, 0.1) is 15.6 Å². The highest BCUT2D eigenvalue weighted by Gasteiger charge is 2.21. The van der Waals surface area contributed by atoms with Gasteiger partial charge in [-0.1, -0.05) is 78.0 Å². The van der Waals surface area contributed by atoms with Gasteiger partial charge in [-0.2, -0.15) is 0 Å². The largest absolute Gasteiger partial charge is 0.385 e. The van der Waals surface area contributed by atoms with Crippen molar-refractivity contribution in [1.29, 1.82) is 0 Å². The summed E-state index contributed by atoms with van der Waals surface area (Å²) in [6.07, 6.45) is 5.85. The number of rotatable bonds is 9. The van der Waals surface area contributed by atoms with Crippen molar-refractivity contribution >= 4 is 46.4 Å². The zero-order valence-corrected chi connectivity index (χ0v) is 22.3. The third kappa shape index (κ3) is 6.73. The second-order valence-electron chi connectivity index (χ2n) is 9.17. The third-order valence-electron chi connectivity index (χ3n) is 6.70. The lowest BCUT2D eigenvalue weighted by atomic mass is 9.96. The first-order chi connectivity index (χ1) is 16.9. The van der Waals surface area contributed by atoms with Crippen molar-refractivity contribution in [1.82, 2.24) is 4.90 Å². The van der Waals surface area contributed by atoms with E-state index in [-0.39, 0.29) is 5.91 Å². The van der Waals surface area contributed by atoms with Gasteiger partial charge in [0.1, 0.15) is 0 Å². The SMILES string of the molecule is CCNc1ccc(Cl)cc1C(=O)N(CCc1ccc(Cl)c(Cl)c1)Cc1ccc(C2CCCC2)cc1. The van der Waals surface area contributed by atoms with Crippen LogP contribution in [0.5, 0.6) is 0 Å². The molecule has 0 radical (unpaired) electrons. The van der Waals surface area contributed by atoms with Gasteiger partial charge in [0, 0.05) is 30.3 Å². The topological polar surface area (TPSA) is 32.3 Å². The predicted octanol–water partition coefficient (Wildman–Crippen LogP) is 8.62. The van der Waals surface area contributed by atoms with Gasteiger partial charge in [0.2, 0.25) is 0 Å². The summed E-state index contributed by atoms with van der Waals surface area (Å²) in [6.45, 7) is 3.78. The number of anilines is 1. The monoisotopic (exact) mass is 528 g/mol. The number of nitrogens with one attached hydrogen (secondary N) is 1. The summed E-state index contributed by atoms with van der Waals surface area (Å²) in [6, 6.07) is 19.8. The quantitative estimate of drug-likeness (QED) is 0.301. The standard InChI is InChI=1S/C29H31Cl3N2O/c1-2-33-28-14-12-24(30)18-25(28)29(35)34(16-15-20-9-13-26(31)27(32)17-20)19-21-7-10-23(11-8-21)22-5-3-4-6-22/h7-14,17-18,22,33H,2-6,15-16,19H2,1H3. The molecule has 3 aromatic rings. The van der Waals surface area contributed by atoms with Crippen molar-refractivity contribution in [3.05, 3.63) is 98.0 Å². The number of nitrogens with zero attached hydrogens (tertiary/aromatic N) is 1. The average molecular weight is 530 g/mol. The van der Waals surface area contributed by atoms with Gasteiger partial charge < -0.3 is 10.2 Å². The van der Waals surface area contributed by atoms with Crippen LogP contribution in [-0.2, 0) is 13.0 Å². The zero-order valence-electron chi connectivity index (χ0n) is 20.0. The Labute approximate surface area is 223 Å². The van der Waals surface area contributed by atoms with Crippen molar-refractivity contribution in [2.75, 3.05) is 18.4 Å². The number of hydrogen-bond donors (Lipinski definition) is 1. The Balaban J connectivity index is 1.58. The van der Waals surface area contributed by atoms with Crippen LogP contribution in [0.3, 0.4) is 0 Å². The molecule has 4 rings (SSSR count). The van der Waals surface area contributed by atoms with Gasteiger partial charge >= 0.3 is 0 Å². The van der Waals surface area contributed by atoms with Crippen LogP contribution in [0.15, 0.2) is 60.7 Å². The van der Waals surface area contributed by atoms with Gasteiger partial charge in [0.15, 0.2) is 0 Å². The summed E-state index contributed by atoms with van der Waals surface area (Å²) in [5.41, 5.74) is 4.92. The Hall–Kier alpha value is -2.20. The maximum Gasteiger partial charge on any atom is 0.256 e. The summed E-state index contributed by atoms with van der Waals surface area (Å²) < 4.78 is 0. The average Bonchev–Trinajstić information content (AvgIpc) is 3.40. The Bertz CT molecular complexity index is 1160. The van der Waals surface area contributed by atoms with E-state index in [0.717, 1.165) is 16.8 Å². The number of amides is 1. The first-order valence-corrected chi connectivity index (χ1v) is 13.4. The molecule has 0 saturated heterocycles. The molecule has 1 amide bonds. The van der Waals surface area contributed by atoms with E-state index in [1.54, 1.807) is 18.2 Å². The molecule has 0 bridgehead atoms. The summed E-state index contributed by atoms with van der Waals surface area (Å²) >= 11 is 18.6. The summed E-state index contributed by atoms with van der Waals surface area (Å²) in [5, 5.41) is 4.88. The number of hydrogen-bond acceptors (Lipinski definition) is 2. The lowest BCUT2D eigenvalue weighted by Crippen LogP contribution is -2.33. The molecular formula is C29H31Cl3N2O. The van der Waals surface area contributed by atoms with Crippen molar-refractivity contribution < 1.29 is 4.79 Å². The van der Waals surface area contributed by atoms with Crippen LogP contribution >= 0.6 is 34.8 Å². The first-order valence-electron chi connectivity index (χ1n) is 12.3. The Morgan fingerprint density at radius 3 is 2.31 bits per heavy atom. The zero-order chi connectivity index (χ0) is 24.8. The van der Waals surface area contributed by atoms with Crippen molar-refractivity contribution in [2.24, 2.45) is 0 Å². The van der Waals surface area contributed by atoms with E-state index in [0.29, 0.717) is 52.6 Å². The van der Waals surface area contributed by atoms with E-state index in [4.69, 9.17) is 34.8 Å². The van der Waals surface area contributed by atoms with Crippen LogP contribution in [0, 0.1) is 0 Å². The van der Waals surface area contributed by atoms with E-state index in [1.807, 2.05) is 30.0 Å². The molecule has 1 saturated carbocycles. The second kappa shape index (κ2) is 12.2. The van der Waals surface area contributed by atoms with Gasteiger partial charge in [-0.05, 0) is 79.1 Å². The predicted molar refractivity (Wildman–Crippen MR) is 148 cm³/mol. The molecule has 1 N–H and O–H groups in total. The number of benzene rings is 3. The molecule has 184 valence electrons. The van der Waals surface area contributed by atoms with Crippen LogP contribution in [0.2, 0.25) is 15.1 Å². The van der Waals surface area contributed by atoms with Crippen LogP contribution in [0.25, 0.3) is 0 Å². The molecular weight excluding hydrogens is 499 g/mol. The Kier molecular flexibility index (Phi) is 8.99. The molecule has 1 aliphatic rings. The summed E-state index contributed by atoms with van der Waals surface area (Å²) in [5.74, 6) is 0.619. The summed E-state index contributed by atoms with van der Waals surface area (Å²) in [7, 11) is 0. The minimum absolute atomic E-state index is 0.0524. The normalized spacial score (nSPS) is 13.7. The van der Waals surface area contributed by atoms with Gasteiger partial charge in [-0.25, -0.2) is 0 Å².